The van der Waals surface area contributed by atoms with E-state index in [4.69, 9.17) is 9.47 Å². The minimum Gasteiger partial charge on any atom is -0.493 e. The normalized spacial score (nSPS) is 11.0. The smallest absolute Gasteiger partial charge is 0.261 e. The van der Waals surface area contributed by atoms with Gasteiger partial charge in [-0.25, -0.2) is 0 Å². The Balaban J connectivity index is 1.59. The van der Waals surface area contributed by atoms with Crippen LogP contribution in [0.3, 0.4) is 0 Å². The highest BCUT2D eigenvalue weighted by molar-refractivity contribution is 7.20. The third kappa shape index (κ3) is 4.14. The Kier molecular flexibility index (Phi) is 5.95. The van der Waals surface area contributed by atoms with Crippen LogP contribution in [0.1, 0.15) is 27.7 Å². The average molecular weight is 436 g/mol. The maximum absolute atomic E-state index is 12.8. The lowest BCUT2D eigenvalue weighted by molar-refractivity contribution is 0.0955. The predicted octanol–water partition coefficient (Wildman–Crippen LogP) is 4.81. The lowest BCUT2D eigenvalue weighted by Gasteiger charge is -2.08. The molecule has 160 valence electrons. The second-order valence-electron chi connectivity index (χ2n) is 7.22. The number of hydrogen-bond donors (Lipinski definition) is 1. The molecule has 0 atom stereocenters. The molecule has 0 radical (unpaired) electrons. The molecule has 0 bridgehead atoms. The van der Waals surface area contributed by atoms with Gasteiger partial charge in [-0.3, -0.25) is 9.48 Å². The Morgan fingerprint density at radius 1 is 1.03 bits per heavy atom. The van der Waals surface area contributed by atoms with Crippen molar-refractivity contribution in [1.29, 1.82) is 0 Å². The summed E-state index contributed by atoms with van der Waals surface area (Å²) in [7, 11) is 5.11. The summed E-state index contributed by atoms with van der Waals surface area (Å²) in [6.07, 6.45) is 1.00. The van der Waals surface area contributed by atoms with Gasteiger partial charge in [0.1, 0.15) is 10.5 Å². The van der Waals surface area contributed by atoms with Crippen molar-refractivity contribution >= 4 is 27.5 Å². The molecule has 0 spiro atoms. The standard InChI is InChI=1S/C24H25N3O3S/c1-5-15-6-8-16(9-7-15)14-25-23(28)21-13-18-22(26-27(2)24(18)31-21)17-10-11-19(29-3)20(12-17)30-4/h6-13H,5,14H2,1-4H3,(H,25,28). The SMILES string of the molecule is CCc1ccc(CNC(=O)c2cc3c(-c4ccc(OC)c(OC)c4)nn(C)c3s2)cc1. The zero-order valence-corrected chi connectivity index (χ0v) is 18.9. The molecule has 4 rings (SSSR count). The summed E-state index contributed by atoms with van der Waals surface area (Å²) >= 11 is 1.44. The van der Waals surface area contributed by atoms with Crippen molar-refractivity contribution in [3.8, 4) is 22.8 Å². The van der Waals surface area contributed by atoms with Crippen LogP contribution >= 0.6 is 11.3 Å². The van der Waals surface area contributed by atoms with E-state index in [9.17, 15) is 4.79 Å². The number of hydrogen-bond acceptors (Lipinski definition) is 5. The summed E-state index contributed by atoms with van der Waals surface area (Å²) in [5.41, 5.74) is 4.09. The molecule has 0 aliphatic carbocycles. The Morgan fingerprint density at radius 3 is 2.42 bits per heavy atom. The van der Waals surface area contributed by atoms with E-state index in [1.54, 1.807) is 14.2 Å². The van der Waals surface area contributed by atoms with Crippen molar-refractivity contribution in [2.75, 3.05) is 14.2 Å². The van der Waals surface area contributed by atoms with Crippen molar-refractivity contribution in [2.45, 2.75) is 19.9 Å². The van der Waals surface area contributed by atoms with Crippen LogP contribution in [-0.2, 0) is 20.0 Å². The maximum Gasteiger partial charge on any atom is 0.261 e. The van der Waals surface area contributed by atoms with Crippen molar-refractivity contribution in [3.05, 3.63) is 64.5 Å². The number of nitrogens with zero attached hydrogens (tertiary/aromatic N) is 2. The highest BCUT2D eigenvalue weighted by Crippen LogP contribution is 2.37. The molecule has 2 heterocycles. The first-order valence-corrected chi connectivity index (χ1v) is 10.9. The summed E-state index contributed by atoms with van der Waals surface area (Å²) in [5, 5.41) is 8.62. The first kappa shape index (κ1) is 20.9. The summed E-state index contributed by atoms with van der Waals surface area (Å²) in [6, 6.07) is 15.9. The van der Waals surface area contributed by atoms with Crippen molar-refractivity contribution < 1.29 is 14.3 Å². The molecule has 6 nitrogen and oxygen atoms in total. The number of carbonyl (C=O) groups excluding carboxylic acids is 1. The molecule has 2 aromatic heterocycles. The first-order valence-electron chi connectivity index (χ1n) is 10.1. The van der Waals surface area contributed by atoms with Crippen LogP contribution in [0.5, 0.6) is 11.5 Å². The average Bonchev–Trinajstić information content (AvgIpc) is 3.38. The number of amides is 1. The topological polar surface area (TPSA) is 65.4 Å². The molecule has 1 N–H and O–H groups in total. The Hall–Kier alpha value is -3.32. The number of thiophene rings is 1. The number of rotatable bonds is 7. The number of methoxy groups -OCH3 is 2. The number of benzene rings is 2. The van der Waals surface area contributed by atoms with E-state index in [1.165, 1.54) is 16.9 Å². The van der Waals surface area contributed by atoms with Crippen LogP contribution in [0, 0.1) is 0 Å². The minimum absolute atomic E-state index is 0.0842. The fourth-order valence-electron chi connectivity index (χ4n) is 3.51. The molecule has 1 amide bonds. The minimum atomic E-state index is -0.0842. The van der Waals surface area contributed by atoms with Gasteiger partial charge in [-0.15, -0.1) is 11.3 Å². The van der Waals surface area contributed by atoms with Gasteiger partial charge in [0.05, 0.1) is 19.1 Å². The quantitative estimate of drug-likeness (QED) is 0.452. The van der Waals surface area contributed by atoms with E-state index in [2.05, 4.69) is 41.6 Å². The van der Waals surface area contributed by atoms with E-state index >= 15 is 0 Å². The van der Waals surface area contributed by atoms with Crippen LogP contribution in [0.15, 0.2) is 48.5 Å². The van der Waals surface area contributed by atoms with Gasteiger partial charge in [-0.2, -0.15) is 5.10 Å². The first-order chi connectivity index (χ1) is 15.0. The van der Waals surface area contributed by atoms with E-state index in [0.29, 0.717) is 22.9 Å². The highest BCUT2D eigenvalue weighted by atomic mass is 32.1. The van der Waals surface area contributed by atoms with Crippen LogP contribution in [-0.4, -0.2) is 29.9 Å². The summed E-state index contributed by atoms with van der Waals surface area (Å²) in [4.78, 5) is 14.4. The number of fused-ring (bicyclic) bond motifs is 1. The summed E-state index contributed by atoms with van der Waals surface area (Å²) in [6.45, 7) is 2.63. The van der Waals surface area contributed by atoms with Crippen LogP contribution < -0.4 is 14.8 Å². The fourth-order valence-corrected chi connectivity index (χ4v) is 4.50. The number of ether oxygens (including phenoxy) is 2. The molecule has 0 saturated heterocycles. The van der Waals surface area contributed by atoms with Crippen molar-refractivity contribution in [3.63, 3.8) is 0 Å². The molecule has 0 unspecified atom stereocenters. The second kappa shape index (κ2) is 8.81. The molecular weight excluding hydrogens is 410 g/mol. The Bertz CT molecular complexity index is 1230. The van der Waals surface area contributed by atoms with E-state index in [1.807, 2.05) is 36.0 Å². The molecule has 4 aromatic rings. The zero-order chi connectivity index (χ0) is 22.0. The molecular formula is C24H25N3O3S. The fraction of sp³-hybridized carbons (Fsp3) is 0.250. The van der Waals surface area contributed by atoms with Gasteiger partial charge in [-0.05, 0) is 41.8 Å². The Morgan fingerprint density at radius 2 is 1.74 bits per heavy atom. The maximum atomic E-state index is 12.8. The zero-order valence-electron chi connectivity index (χ0n) is 18.1. The van der Waals surface area contributed by atoms with Crippen LogP contribution in [0.4, 0.5) is 0 Å². The number of aromatic nitrogens is 2. The number of carbonyl (C=O) groups is 1. The lowest BCUT2D eigenvalue weighted by atomic mass is 10.1. The van der Waals surface area contributed by atoms with Crippen molar-refractivity contribution in [1.82, 2.24) is 15.1 Å². The summed E-state index contributed by atoms with van der Waals surface area (Å²) in [5.74, 6) is 1.22. The number of nitrogens with one attached hydrogen (secondary N) is 1. The molecule has 0 aliphatic rings. The van der Waals surface area contributed by atoms with Crippen molar-refractivity contribution in [2.24, 2.45) is 7.05 Å². The van der Waals surface area contributed by atoms with Crippen LogP contribution in [0.2, 0.25) is 0 Å². The predicted molar refractivity (Wildman–Crippen MR) is 124 cm³/mol. The highest BCUT2D eigenvalue weighted by Gasteiger charge is 2.19. The van der Waals surface area contributed by atoms with Gasteiger partial charge in [0.2, 0.25) is 0 Å². The third-order valence-corrected chi connectivity index (χ3v) is 6.48. The van der Waals surface area contributed by atoms with Gasteiger partial charge in [0.15, 0.2) is 11.5 Å². The third-order valence-electron chi connectivity index (χ3n) is 5.28. The van der Waals surface area contributed by atoms with E-state index in [-0.39, 0.29) is 5.91 Å². The lowest BCUT2D eigenvalue weighted by Crippen LogP contribution is -2.21. The molecule has 7 heteroatoms. The van der Waals surface area contributed by atoms with E-state index in [0.717, 1.165) is 33.5 Å². The van der Waals surface area contributed by atoms with Gasteiger partial charge < -0.3 is 14.8 Å². The second-order valence-corrected chi connectivity index (χ2v) is 8.25. The molecule has 0 aliphatic heterocycles. The number of aryl methyl sites for hydroxylation is 2. The molecule has 0 saturated carbocycles. The molecule has 2 aromatic carbocycles. The van der Waals surface area contributed by atoms with Gasteiger partial charge in [-0.1, -0.05) is 31.2 Å². The molecule has 31 heavy (non-hydrogen) atoms. The monoisotopic (exact) mass is 435 g/mol. The van der Waals surface area contributed by atoms with Gasteiger partial charge in [0, 0.05) is 24.5 Å². The Labute approximate surface area is 185 Å². The van der Waals surface area contributed by atoms with Crippen LogP contribution in [0.25, 0.3) is 21.5 Å². The van der Waals surface area contributed by atoms with Gasteiger partial charge >= 0.3 is 0 Å². The van der Waals surface area contributed by atoms with Gasteiger partial charge in [0.25, 0.3) is 5.91 Å². The molecule has 0 fully saturated rings. The largest absolute Gasteiger partial charge is 0.493 e. The summed E-state index contributed by atoms with van der Waals surface area (Å²) < 4.78 is 12.6. The van der Waals surface area contributed by atoms with E-state index < -0.39 is 0 Å².